The van der Waals surface area contributed by atoms with Crippen molar-refractivity contribution in [2.75, 3.05) is 10.5 Å². The van der Waals surface area contributed by atoms with Gasteiger partial charge in [-0.3, -0.25) is 4.72 Å². The van der Waals surface area contributed by atoms with E-state index in [9.17, 15) is 13.2 Å². The number of nitrogens with two attached hydrogens (primary N) is 1. The van der Waals surface area contributed by atoms with Crippen LogP contribution in [0.2, 0.25) is 0 Å². The first-order valence-corrected chi connectivity index (χ1v) is 7.85. The Kier molecular flexibility index (Phi) is 4.14. The first kappa shape index (κ1) is 15.3. The van der Waals surface area contributed by atoms with Crippen molar-refractivity contribution in [2.24, 2.45) is 0 Å². The number of carboxylic acid groups (broad SMARTS) is 1. The highest BCUT2D eigenvalue weighted by molar-refractivity contribution is 9.10. The van der Waals surface area contributed by atoms with Crippen LogP contribution < -0.4 is 10.5 Å². The molecule has 0 fully saturated rings. The van der Waals surface area contributed by atoms with Crippen molar-refractivity contribution in [3.8, 4) is 0 Å². The molecule has 2 rings (SSSR count). The number of aromatic carboxylic acids is 1. The van der Waals surface area contributed by atoms with Gasteiger partial charge in [0.15, 0.2) is 0 Å². The van der Waals surface area contributed by atoms with Gasteiger partial charge in [0, 0.05) is 11.9 Å². The van der Waals surface area contributed by atoms with Crippen LogP contribution in [0.3, 0.4) is 0 Å². The molecule has 21 heavy (non-hydrogen) atoms. The van der Waals surface area contributed by atoms with E-state index in [4.69, 9.17) is 10.8 Å². The van der Waals surface area contributed by atoms with Crippen LogP contribution in [0.15, 0.2) is 46.0 Å². The summed E-state index contributed by atoms with van der Waals surface area (Å²) in [4.78, 5) is 14.7. The first-order chi connectivity index (χ1) is 9.81. The van der Waals surface area contributed by atoms with Gasteiger partial charge in [0.05, 0.1) is 11.3 Å². The molecule has 0 amide bonds. The van der Waals surface area contributed by atoms with Crippen molar-refractivity contribution in [3.63, 3.8) is 0 Å². The Morgan fingerprint density at radius 1 is 1.33 bits per heavy atom. The number of sulfonamides is 1. The summed E-state index contributed by atoms with van der Waals surface area (Å²) < 4.78 is 27.2. The third-order valence-electron chi connectivity index (χ3n) is 2.53. The molecule has 7 nitrogen and oxygen atoms in total. The highest BCUT2D eigenvalue weighted by Gasteiger charge is 2.23. The topological polar surface area (TPSA) is 122 Å². The summed E-state index contributed by atoms with van der Waals surface area (Å²) in [5.41, 5.74) is 5.45. The minimum Gasteiger partial charge on any atom is -0.478 e. The second kappa shape index (κ2) is 5.70. The fourth-order valence-corrected chi connectivity index (χ4v) is 3.34. The lowest BCUT2D eigenvalue weighted by atomic mass is 10.2. The highest BCUT2D eigenvalue weighted by atomic mass is 79.9. The Morgan fingerprint density at radius 2 is 2.05 bits per heavy atom. The molecule has 2 aromatic rings. The number of nitrogen functional groups attached to an aromatic ring is 1. The van der Waals surface area contributed by atoms with Crippen molar-refractivity contribution in [3.05, 3.63) is 46.7 Å². The molecule has 0 unspecified atom stereocenters. The van der Waals surface area contributed by atoms with Crippen LogP contribution in [0.5, 0.6) is 0 Å². The Bertz CT molecular complexity index is 808. The minimum absolute atomic E-state index is 0.161. The summed E-state index contributed by atoms with van der Waals surface area (Å²) in [6.45, 7) is 0. The molecule has 110 valence electrons. The van der Waals surface area contributed by atoms with Crippen molar-refractivity contribution in [1.82, 2.24) is 4.98 Å². The van der Waals surface area contributed by atoms with Gasteiger partial charge < -0.3 is 10.8 Å². The summed E-state index contributed by atoms with van der Waals surface area (Å²) in [6.07, 6.45) is 1.48. The van der Waals surface area contributed by atoms with Crippen LogP contribution in [0.25, 0.3) is 0 Å². The lowest BCUT2D eigenvalue weighted by Crippen LogP contribution is -2.17. The number of nitrogens with one attached hydrogen (secondary N) is 1. The van der Waals surface area contributed by atoms with E-state index >= 15 is 0 Å². The second-order valence-electron chi connectivity index (χ2n) is 4.01. The summed E-state index contributed by atoms with van der Waals surface area (Å²) >= 11 is 3.11. The molecule has 0 radical (unpaired) electrons. The summed E-state index contributed by atoms with van der Waals surface area (Å²) in [5.74, 6) is -1.38. The zero-order chi connectivity index (χ0) is 15.6. The Morgan fingerprint density at radius 3 is 2.67 bits per heavy atom. The molecule has 4 N–H and O–H groups in total. The maximum Gasteiger partial charge on any atom is 0.337 e. The standard InChI is InChI=1S/C12H10BrN3O4S/c13-11-9(2-1-5-15-11)16-21(19,20)10-4-3-7(14)6-8(10)12(17)18/h1-6,16H,14H2,(H,17,18). The molecule has 9 heteroatoms. The SMILES string of the molecule is Nc1ccc(S(=O)(=O)Nc2cccnc2Br)c(C(=O)O)c1. The van der Waals surface area contributed by atoms with Crippen molar-refractivity contribution in [2.45, 2.75) is 4.90 Å². The number of pyridine rings is 1. The van der Waals surface area contributed by atoms with Gasteiger partial charge in [0.1, 0.15) is 9.50 Å². The van der Waals surface area contributed by atoms with Gasteiger partial charge in [-0.15, -0.1) is 0 Å². The lowest BCUT2D eigenvalue weighted by Gasteiger charge is -2.11. The Labute approximate surface area is 129 Å². The lowest BCUT2D eigenvalue weighted by molar-refractivity contribution is 0.0692. The number of halogens is 1. The largest absolute Gasteiger partial charge is 0.478 e. The summed E-state index contributed by atoms with van der Waals surface area (Å²) in [7, 11) is -4.08. The number of nitrogens with zero attached hydrogens (tertiary/aromatic N) is 1. The van der Waals surface area contributed by atoms with E-state index in [1.807, 2.05) is 0 Å². The monoisotopic (exact) mass is 371 g/mol. The van der Waals surface area contributed by atoms with E-state index in [-0.39, 0.29) is 16.3 Å². The van der Waals surface area contributed by atoms with Crippen molar-refractivity contribution >= 4 is 43.3 Å². The summed E-state index contributed by atoms with van der Waals surface area (Å²) in [5, 5.41) is 9.10. The molecular weight excluding hydrogens is 362 g/mol. The van der Waals surface area contributed by atoms with Crippen LogP contribution >= 0.6 is 15.9 Å². The van der Waals surface area contributed by atoms with Crippen molar-refractivity contribution in [1.29, 1.82) is 0 Å². The molecule has 0 saturated heterocycles. The number of benzene rings is 1. The van der Waals surface area contributed by atoms with E-state index in [0.29, 0.717) is 4.60 Å². The number of carboxylic acids is 1. The predicted molar refractivity (Wildman–Crippen MR) is 80.6 cm³/mol. The van der Waals surface area contributed by atoms with Crippen LogP contribution in [-0.4, -0.2) is 24.5 Å². The minimum atomic E-state index is -4.08. The maximum atomic E-state index is 12.3. The van der Waals surface area contributed by atoms with Crippen LogP contribution in [-0.2, 0) is 10.0 Å². The predicted octanol–water partition coefficient (Wildman–Crippen LogP) is 1.93. The van der Waals surface area contributed by atoms with Crippen LogP contribution in [0, 0.1) is 0 Å². The normalized spacial score (nSPS) is 11.1. The van der Waals surface area contributed by atoms with Gasteiger partial charge in [0.25, 0.3) is 10.0 Å². The average Bonchev–Trinajstić information content (AvgIpc) is 2.40. The summed E-state index contributed by atoms with van der Waals surface area (Å²) in [6, 6.07) is 6.59. The number of anilines is 2. The molecule has 1 heterocycles. The third kappa shape index (κ3) is 3.31. The molecule has 1 aromatic heterocycles. The smallest absolute Gasteiger partial charge is 0.337 e. The van der Waals surface area contributed by atoms with E-state index < -0.39 is 21.6 Å². The van der Waals surface area contributed by atoms with Gasteiger partial charge in [-0.25, -0.2) is 18.2 Å². The van der Waals surface area contributed by atoms with Gasteiger partial charge in [-0.05, 0) is 46.3 Å². The quantitative estimate of drug-likeness (QED) is 0.557. The molecule has 0 aliphatic carbocycles. The fraction of sp³-hybridized carbons (Fsp3) is 0. The van der Waals surface area contributed by atoms with Gasteiger partial charge in [-0.2, -0.15) is 0 Å². The Balaban J connectivity index is 2.50. The fourth-order valence-electron chi connectivity index (χ4n) is 1.61. The molecule has 0 saturated carbocycles. The number of hydrogen-bond donors (Lipinski definition) is 3. The average molecular weight is 372 g/mol. The molecule has 0 aliphatic heterocycles. The molecule has 0 spiro atoms. The second-order valence-corrected chi connectivity index (χ2v) is 6.41. The number of carbonyl (C=O) groups is 1. The number of hydrogen-bond acceptors (Lipinski definition) is 5. The Hall–Kier alpha value is -2.13. The molecular formula is C12H10BrN3O4S. The number of rotatable bonds is 4. The highest BCUT2D eigenvalue weighted by Crippen LogP contribution is 2.25. The van der Waals surface area contributed by atoms with E-state index in [1.165, 1.54) is 18.3 Å². The van der Waals surface area contributed by atoms with Crippen molar-refractivity contribution < 1.29 is 18.3 Å². The number of aromatic nitrogens is 1. The first-order valence-electron chi connectivity index (χ1n) is 5.57. The van der Waals surface area contributed by atoms with E-state index in [1.54, 1.807) is 6.07 Å². The zero-order valence-corrected chi connectivity index (χ0v) is 12.8. The molecule has 0 atom stereocenters. The maximum absolute atomic E-state index is 12.3. The van der Waals surface area contributed by atoms with Crippen LogP contribution in [0.1, 0.15) is 10.4 Å². The molecule has 0 bridgehead atoms. The van der Waals surface area contributed by atoms with E-state index in [0.717, 1.165) is 12.1 Å². The van der Waals surface area contributed by atoms with Gasteiger partial charge in [-0.1, -0.05) is 0 Å². The zero-order valence-electron chi connectivity index (χ0n) is 10.4. The molecule has 0 aliphatic rings. The third-order valence-corrected chi connectivity index (χ3v) is 4.58. The van der Waals surface area contributed by atoms with Gasteiger partial charge >= 0.3 is 5.97 Å². The van der Waals surface area contributed by atoms with E-state index in [2.05, 4.69) is 25.6 Å². The van der Waals surface area contributed by atoms with Crippen LogP contribution in [0.4, 0.5) is 11.4 Å². The van der Waals surface area contributed by atoms with Gasteiger partial charge in [0.2, 0.25) is 0 Å². The molecule has 1 aromatic carbocycles.